The topological polar surface area (TPSA) is 58.1 Å². The van der Waals surface area contributed by atoms with Crippen LogP contribution in [-0.2, 0) is 23.9 Å². The fourth-order valence-electron chi connectivity index (χ4n) is 3.79. The number of benzene rings is 2. The Morgan fingerprint density at radius 1 is 1.18 bits per heavy atom. The summed E-state index contributed by atoms with van der Waals surface area (Å²) >= 11 is 7.23. The van der Waals surface area contributed by atoms with E-state index in [1.165, 1.54) is 17.6 Å². The maximum Gasteiger partial charge on any atom is 0.416 e. The van der Waals surface area contributed by atoms with E-state index < -0.39 is 11.7 Å². The van der Waals surface area contributed by atoms with Gasteiger partial charge in [-0.1, -0.05) is 35.9 Å². The van der Waals surface area contributed by atoms with Crippen molar-refractivity contribution in [2.45, 2.75) is 32.0 Å². The molecule has 0 aliphatic carbocycles. The van der Waals surface area contributed by atoms with E-state index in [9.17, 15) is 18.0 Å². The Hall–Kier alpha value is -2.65. The highest BCUT2D eigenvalue weighted by Crippen LogP contribution is 2.30. The summed E-state index contributed by atoms with van der Waals surface area (Å²) < 4.78 is 43.1. The number of amides is 1. The van der Waals surface area contributed by atoms with Crippen LogP contribution in [0.15, 0.2) is 48.5 Å². The van der Waals surface area contributed by atoms with Crippen LogP contribution in [-0.4, -0.2) is 28.4 Å². The molecule has 0 radical (unpaired) electrons. The van der Waals surface area contributed by atoms with Gasteiger partial charge in [0.25, 0.3) is 0 Å². The van der Waals surface area contributed by atoms with Crippen LogP contribution >= 0.6 is 23.1 Å². The Labute approximate surface area is 198 Å². The highest BCUT2D eigenvalue weighted by atomic mass is 35.5. The number of carbonyl (C=O) groups is 1. The molecule has 5 nitrogen and oxygen atoms in total. The van der Waals surface area contributed by atoms with Crippen molar-refractivity contribution in [3.8, 4) is 0 Å². The highest BCUT2D eigenvalue weighted by Gasteiger charge is 2.31. The van der Waals surface area contributed by atoms with Crippen LogP contribution < -0.4 is 10.2 Å². The molecule has 1 atom stereocenters. The second-order valence-corrected chi connectivity index (χ2v) is 9.16. The van der Waals surface area contributed by atoms with Crippen LogP contribution in [0.1, 0.15) is 35.4 Å². The third kappa shape index (κ3) is 6.23. The molecular formula is C23H22ClF3N4OS. The number of nitrogens with zero attached hydrogens (tertiary/aromatic N) is 3. The summed E-state index contributed by atoms with van der Waals surface area (Å²) in [5.74, 6) is 0.296. The van der Waals surface area contributed by atoms with Gasteiger partial charge in [-0.15, -0.1) is 0 Å². The largest absolute Gasteiger partial charge is 0.416 e. The van der Waals surface area contributed by atoms with E-state index in [1.807, 2.05) is 24.3 Å². The number of carbonyl (C=O) groups excluding carboxylic acids is 1. The quantitative estimate of drug-likeness (QED) is 0.503. The smallest absolute Gasteiger partial charge is 0.352 e. The molecule has 1 N–H and O–H groups in total. The molecule has 1 unspecified atom stereocenters. The Bertz CT molecular complexity index is 1100. The van der Waals surface area contributed by atoms with Crippen molar-refractivity contribution in [3.63, 3.8) is 0 Å². The van der Waals surface area contributed by atoms with Gasteiger partial charge in [0.15, 0.2) is 0 Å². The molecule has 10 heteroatoms. The first kappa shape index (κ1) is 23.5. The molecule has 1 aliphatic heterocycles. The number of alkyl halides is 3. The second-order valence-electron chi connectivity index (χ2n) is 8.00. The van der Waals surface area contributed by atoms with Gasteiger partial charge in [-0.2, -0.15) is 17.5 Å². The van der Waals surface area contributed by atoms with Crippen molar-refractivity contribution in [2.24, 2.45) is 5.92 Å². The molecule has 4 rings (SSSR count). The summed E-state index contributed by atoms with van der Waals surface area (Å²) in [6.45, 7) is 1.35. The Morgan fingerprint density at radius 2 is 1.97 bits per heavy atom. The number of hydrogen-bond acceptors (Lipinski definition) is 5. The molecule has 3 aromatic rings. The van der Waals surface area contributed by atoms with Gasteiger partial charge >= 0.3 is 6.18 Å². The van der Waals surface area contributed by atoms with Gasteiger partial charge in [0, 0.05) is 42.6 Å². The second kappa shape index (κ2) is 10.1. The molecule has 1 aromatic heterocycles. The molecule has 0 saturated carbocycles. The molecule has 174 valence electrons. The zero-order valence-electron chi connectivity index (χ0n) is 17.6. The SMILES string of the molecule is O=C(NCc1cccc(C(F)(F)F)c1)C1CCCN(c2nc(Cc3ccc(Cl)cc3)ns2)C1. The molecule has 1 amide bonds. The maximum atomic E-state index is 12.9. The third-order valence-corrected chi connectivity index (χ3v) is 6.58. The molecular weight excluding hydrogens is 473 g/mol. The predicted octanol–water partition coefficient (Wildman–Crippen LogP) is 5.33. The van der Waals surface area contributed by atoms with Gasteiger partial charge in [-0.25, -0.2) is 4.98 Å². The van der Waals surface area contributed by atoms with Gasteiger partial charge < -0.3 is 10.2 Å². The minimum atomic E-state index is -4.40. The van der Waals surface area contributed by atoms with Crippen molar-refractivity contribution in [1.29, 1.82) is 0 Å². The Balaban J connectivity index is 1.33. The highest BCUT2D eigenvalue weighted by molar-refractivity contribution is 7.09. The van der Waals surface area contributed by atoms with Crippen molar-refractivity contribution in [2.75, 3.05) is 18.0 Å². The first-order chi connectivity index (χ1) is 15.8. The van der Waals surface area contributed by atoms with E-state index in [0.29, 0.717) is 29.4 Å². The lowest BCUT2D eigenvalue weighted by molar-refractivity contribution is -0.137. The molecule has 0 bridgehead atoms. The predicted molar refractivity (Wildman–Crippen MR) is 122 cm³/mol. The maximum absolute atomic E-state index is 12.9. The Morgan fingerprint density at radius 3 is 2.73 bits per heavy atom. The number of anilines is 1. The zero-order valence-corrected chi connectivity index (χ0v) is 19.2. The van der Waals surface area contributed by atoms with Crippen molar-refractivity contribution >= 4 is 34.2 Å². The number of piperidine rings is 1. The van der Waals surface area contributed by atoms with Crippen LogP contribution in [0.4, 0.5) is 18.3 Å². The van der Waals surface area contributed by atoms with Crippen LogP contribution in [0.3, 0.4) is 0 Å². The average molecular weight is 495 g/mol. The molecule has 0 spiro atoms. The molecule has 2 heterocycles. The van der Waals surface area contributed by atoms with Crippen molar-refractivity contribution in [3.05, 3.63) is 76.1 Å². The molecule has 2 aromatic carbocycles. The first-order valence-electron chi connectivity index (χ1n) is 10.5. The van der Waals surface area contributed by atoms with Crippen molar-refractivity contribution < 1.29 is 18.0 Å². The molecule has 1 fully saturated rings. The van der Waals surface area contributed by atoms with E-state index in [4.69, 9.17) is 11.6 Å². The van der Waals surface area contributed by atoms with E-state index in [1.54, 1.807) is 6.07 Å². The van der Waals surface area contributed by atoms with Gasteiger partial charge in [-0.3, -0.25) is 4.79 Å². The van der Waals surface area contributed by atoms with Crippen LogP contribution in [0.2, 0.25) is 5.02 Å². The zero-order chi connectivity index (χ0) is 23.4. The van der Waals surface area contributed by atoms with Gasteiger partial charge in [0.05, 0.1) is 11.5 Å². The number of rotatable bonds is 6. The summed E-state index contributed by atoms with van der Waals surface area (Å²) in [7, 11) is 0. The van der Waals surface area contributed by atoms with Gasteiger partial charge in [0.2, 0.25) is 11.0 Å². The molecule has 1 saturated heterocycles. The van der Waals surface area contributed by atoms with E-state index in [2.05, 4.69) is 19.6 Å². The monoisotopic (exact) mass is 494 g/mol. The lowest BCUT2D eigenvalue weighted by Crippen LogP contribution is -2.43. The third-order valence-electron chi connectivity index (χ3n) is 5.52. The lowest BCUT2D eigenvalue weighted by atomic mass is 9.97. The van der Waals surface area contributed by atoms with E-state index in [0.717, 1.165) is 42.2 Å². The first-order valence-corrected chi connectivity index (χ1v) is 11.7. The summed E-state index contributed by atoms with van der Waals surface area (Å²) in [5.41, 5.74) is 0.764. The minimum absolute atomic E-state index is 0.0588. The fourth-order valence-corrected chi connectivity index (χ4v) is 4.63. The number of nitrogens with one attached hydrogen (secondary N) is 1. The van der Waals surface area contributed by atoms with Crippen LogP contribution in [0.5, 0.6) is 0 Å². The number of hydrogen-bond donors (Lipinski definition) is 1. The molecule has 33 heavy (non-hydrogen) atoms. The fraction of sp³-hybridized carbons (Fsp3) is 0.348. The summed E-state index contributed by atoms with van der Waals surface area (Å²) in [6, 6.07) is 12.6. The van der Waals surface area contributed by atoms with Crippen molar-refractivity contribution in [1.82, 2.24) is 14.7 Å². The summed E-state index contributed by atoms with van der Waals surface area (Å²) in [5, 5.41) is 4.24. The normalized spacial score (nSPS) is 16.6. The number of halogens is 4. The number of aromatic nitrogens is 2. The van der Waals surface area contributed by atoms with Crippen LogP contribution in [0, 0.1) is 5.92 Å². The van der Waals surface area contributed by atoms with E-state index in [-0.39, 0.29) is 18.4 Å². The summed E-state index contributed by atoms with van der Waals surface area (Å²) in [4.78, 5) is 19.4. The average Bonchev–Trinajstić information content (AvgIpc) is 3.27. The molecule has 1 aliphatic rings. The van der Waals surface area contributed by atoms with Gasteiger partial charge in [-0.05, 0) is 48.2 Å². The summed E-state index contributed by atoms with van der Waals surface area (Å²) in [6.07, 6.45) is -2.25. The lowest BCUT2D eigenvalue weighted by Gasteiger charge is -2.31. The minimum Gasteiger partial charge on any atom is -0.352 e. The standard InChI is InChI=1S/C23H22ClF3N4OS/c24-19-8-6-15(7-9-19)12-20-29-22(33-30-20)31-10-2-4-17(14-31)21(32)28-13-16-3-1-5-18(11-16)23(25,26)27/h1,3,5-9,11,17H,2,4,10,12-14H2,(H,28,32). The Kier molecular flexibility index (Phi) is 7.19. The van der Waals surface area contributed by atoms with Gasteiger partial charge in [0.1, 0.15) is 5.82 Å². The van der Waals surface area contributed by atoms with Crippen LogP contribution in [0.25, 0.3) is 0 Å². The van der Waals surface area contributed by atoms with E-state index >= 15 is 0 Å².